The van der Waals surface area contributed by atoms with Crippen LogP contribution in [0.15, 0.2) is 0 Å². The average molecular weight is 529 g/mol. The quantitative estimate of drug-likeness (QED) is 0.335. The van der Waals surface area contributed by atoms with E-state index in [1.165, 1.54) is 0 Å². The fourth-order valence-corrected chi connectivity index (χ4v) is 5.18. The van der Waals surface area contributed by atoms with Gasteiger partial charge in [-0.05, 0) is 19.8 Å². The van der Waals surface area contributed by atoms with Crippen LogP contribution in [0.1, 0.15) is 61.3 Å². The summed E-state index contributed by atoms with van der Waals surface area (Å²) >= 11 is 0. The molecule has 37 heavy (non-hydrogen) atoms. The zero-order valence-electron chi connectivity index (χ0n) is 21.8. The van der Waals surface area contributed by atoms with Gasteiger partial charge in [-0.3, -0.25) is 24.0 Å². The van der Waals surface area contributed by atoms with Crippen LogP contribution >= 0.6 is 0 Å². The molecule has 0 spiro atoms. The number of hydrogen-bond donors (Lipinski definition) is 0. The molecule has 2 bridgehead atoms. The zero-order valence-corrected chi connectivity index (χ0v) is 21.8. The van der Waals surface area contributed by atoms with Crippen LogP contribution in [0.5, 0.6) is 0 Å². The normalized spacial score (nSPS) is 35.6. The summed E-state index contributed by atoms with van der Waals surface area (Å²) in [7, 11) is 0. The second kappa shape index (κ2) is 9.92. The molecular weight excluding hydrogens is 496 g/mol. The van der Waals surface area contributed by atoms with E-state index in [1.807, 2.05) is 0 Å². The molecule has 3 fully saturated rings. The first-order valence-corrected chi connectivity index (χ1v) is 11.8. The van der Waals surface area contributed by atoms with E-state index in [0.29, 0.717) is 6.42 Å². The maximum absolute atomic E-state index is 13.7. The Morgan fingerprint density at radius 3 is 1.81 bits per heavy atom. The van der Waals surface area contributed by atoms with Crippen molar-refractivity contribution in [3.63, 3.8) is 0 Å². The van der Waals surface area contributed by atoms with Crippen LogP contribution in [0.25, 0.3) is 0 Å². The summed E-state index contributed by atoms with van der Waals surface area (Å²) in [5, 5.41) is 0. The second-order valence-electron chi connectivity index (χ2n) is 10.1. The largest absolute Gasteiger partial charge is 0.463 e. The highest BCUT2D eigenvalue weighted by atomic mass is 16.7. The molecule has 0 aromatic heterocycles. The van der Waals surface area contributed by atoms with E-state index in [4.69, 9.17) is 33.2 Å². The third-order valence-electron chi connectivity index (χ3n) is 7.58. The maximum atomic E-state index is 13.7. The Labute approximate surface area is 213 Å². The first-order valence-electron chi connectivity index (χ1n) is 11.8. The topological polar surface area (TPSA) is 167 Å². The van der Waals surface area contributed by atoms with E-state index in [2.05, 4.69) is 0 Å². The molecule has 0 radical (unpaired) electrons. The number of ether oxygens (including phenoxy) is 7. The molecule has 206 valence electrons. The molecular formula is C24H32O13. The van der Waals surface area contributed by atoms with Gasteiger partial charge in [-0.1, -0.05) is 13.8 Å². The standard InChI is InChI=1S/C24H32O13/c1-11(25)31-10-15-16(32-12(2)26)17(33-13(3)27)18(19(35-15)34-14(4)28)36-21(30)24-9-8-23(7,20(29)37-24)22(24,5)6/h15-19H,8-10H2,1-7H3/t15-,16-,17+,18+,19-,23+,24-/m1/s1. The summed E-state index contributed by atoms with van der Waals surface area (Å²) in [5.41, 5.74) is -3.56. The molecule has 0 amide bonds. The van der Waals surface area contributed by atoms with Crippen LogP contribution in [0.2, 0.25) is 0 Å². The summed E-state index contributed by atoms with van der Waals surface area (Å²) in [6.07, 6.45) is -6.95. The minimum atomic E-state index is -1.66. The van der Waals surface area contributed by atoms with Crippen molar-refractivity contribution in [1.29, 1.82) is 0 Å². The zero-order chi connectivity index (χ0) is 27.9. The van der Waals surface area contributed by atoms with Crippen LogP contribution in [-0.4, -0.2) is 78.7 Å². The fraction of sp³-hybridized carbons (Fsp3) is 0.750. The van der Waals surface area contributed by atoms with Gasteiger partial charge in [-0.2, -0.15) is 0 Å². The fourth-order valence-electron chi connectivity index (χ4n) is 5.18. The third kappa shape index (κ3) is 4.88. The molecule has 1 aliphatic carbocycles. The number of carbonyl (C=O) groups is 6. The van der Waals surface area contributed by atoms with Crippen molar-refractivity contribution in [2.75, 3.05) is 6.61 Å². The Bertz CT molecular complexity index is 1000. The average Bonchev–Trinajstić information content (AvgIpc) is 3.05. The van der Waals surface area contributed by atoms with Gasteiger partial charge in [0.2, 0.25) is 18.0 Å². The lowest BCUT2D eigenvalue weighted by Gasteiger charge is -2.44. The molecule has 2 saturated heterocycles. The van der Waals surface area contributed by atoms with E-state index in [1.54, 1.807) is 20.8 Å². The van der Waals surface area contributed by atoms with Gasteiger partial charge < -0.3 is 33.2 Å². The van der Waals surface area contributed by atoms with Gasteiger partial charge in [0.05, 0.1) is 5.41 Å². The molecule has 3 aliphatic rings. The lowest BCUT2D eigenvalue weighted by molar-refractivity contribution is -0.303. The van der Waals surface area contributed by atoms with Crippen LogP contribution in [0, 0.1) is 10.8 Å². The molecule has 3 rings (SSSR count). The van der Waals surface area contributed by atoms with E-state index in [0.717, 1.165) is 27.7 Å². The van der Waals surface area contributed by atoms with E-state index < -0.39 is 89.6 Å². The smallest absolute Gasteiger partial charge is 0.351 e. The maximum Gasteiger partial charge on any atom is 0.351 e. The summed E-state index contributed by atoms with van der Waals surface area (Å²) in [6.45, 7) is 9.06. The van der Waals surface area contributed by atoms with Crippen molar-refractivity contribution < 1.29 is 61.9 Å². The Hall–Kier alpha value is -3.22. The lowest BCUT2D eigenvalue weighted by atomic mass is 9.66. The van der Waals surface area contributed by atoms with Gasteiger partial charge in [0.15, 0.2) is 12.2 Å². The monoisotopic (exact) mass is 528 g/mol. The predicted octanol–water partition coefficient (Wildman–Crippen LogP) is 0.735. The van der Waals surface area contributed by atoms with Gasteiger partial charge in [-0.25, -0.2) is 4.79 Å². The van der Waals surface area contributed by atoms with Gasteiger partial charge in [0, 0.05) is 33.1 Å². The number of hydrogen-bond acceptors (Lipinski definition) is 13. The Balaban J connectivity index is 2.02. The van der Waals surface area contributed by atoms with E-state index in [9.17, 15) is 28.8 Å². The third-order valence-corrected chi connectivity index (χ3v) is 7.58. The minimum Gasteiger partial charge on any atom is -0.463 e. The second-order valence-corrected chi connectivity index (χ2v) is 10.1. The molecule has 0 N–H and O–H groups in total. The highest BCUT2D eigenvalue weighted by molar-refractivity contribution is 5.93. The number of esters is 6. The van der Waals surface area contributed by atoms with Gasteiger partial charge in [0.1, 0.15) is 12.7 Å². The first kappa shape index (κ1) is 28.4. The lowest BCUT2D eigenvalue weighted by Crippen LogP contribution is -2.64. The van der Waals surface area contributed by atoms with E-state index in [-0.39, 0.29) is 6.42 Å². The summed E-state index contributed by atoms with van der Waals surface area (Å²) in [5.74, 6) is -4.66. The van der Waals surface area contributed by atoms with E-state index >= 15 is 0 Å². The predicted molar refractivity (Wildman–Crippen MR) is 118 cm³/mol. The Morgan fingerprint density at radius 1 is 0.784 bits per heavy atom. The SMILES string of the molecule is CC(=O)OC[C@H]1O[C@@H](OC(C)=O)[C@@H](OC(=O)[C@@]23CC[C@@](C)(C(=O)O2)C3(C)C)[C@@H](OC(C)=O)[C@@H]1OC(C)=O. The van der Waals surface area contributed by atoms with Crippen LogP contribution in [0.3, 0.4) is 0 Å². The number of fused-ring (bicyclic) bond motifs is 2. The van der Waals surface area contributed by atoms with Crippen molar-refractivity contribution in [2.24, 2.45) is 10.8 Å². The van der Waals surface area contributed by atoms with Gasteiger partial charge >= 0.3 is 35.8 Å². The molecule has 13 nitrogen and oxygen atoms in total. The molecule has 1 saturated carbocycles. The molecule has 0 aromatic carbocycles. The van der Waals surface area contributed by atoms with Crippen molar-refractivity contribution in [1.82, 2.24) is 0 Å². The van der Waals surface area contributed by atoms with Crippen molar-refractivity contribution in [3.8, 4) is 0 Å². The van der Waals surface area contributed by atoms with Crippen molar-refractivity contribution in [3.05, 3.63) is 0 Å². The van der Waals surface area contributed by atoms with Crippen LogP contribution < -0.4 is 0 Å². The number of carbonyl (C=O) groups excluding carboxylic acids is 6. The van der Waals surface area contributed by atoms with Gasteiger partial charge in [0.25, 0.3) is 0 Å². The highest BCUT2D eigenvalue weighted by Crippen LogP contribution is 2.66. The first-order chi connectivity index (χ1) is 17.1. The highest BCUT2D eigenvalue weighted by Gasteiger charge is 2.77. The molecule has 0 unspecified atom stereocenters. The molecule has 2 aliphatic heterocycles. The van der Waals surface area contributed by atoms with Crippen LogP contribution in [0.4, 0.5) is 0 Å². The number of rotatable bonds is 7. The summed E-state index contributed by atoms with van der Waals surface area (Å²) < 4.78 is 38.0. The van der Waals surface area contributed by atoms with Crippen molar-refractivity contribution in [2.45, 2.75) is 97.6 Å². The molecule has 2 heterocycles. The Morgan fingerprint density at radius 2 is 1.35 bits per heavy atom. The molecule has 13 heteroatoms. The minimum absolute atomic E-state index is 0.174. The summed E-state index contributed by atoms with van der Waals surface area (Å²) in [4.78, 5) is 73.6. The molecule has 0 aromatic rings. The van der Waals surface area contributed by atoms with Gasteiger partial charge in [-0.15, -0.1) is 0 Å². The van der Waals surface area contributed by atoms with Crippen molar-refractivity contribution >= 4 is 35.8 Å². The summed E-state index contributed by atoms with van der Waals surface area (Å²) in [6, 6.07) is 0. The van der Waals surface area contributed by atoms with Crippen LogP contribution in [-0.2, 0) is 61.9 Å². The molecule has 7 atom stereocenters. The Kier molecular flexibility index (Phi) is 7.60.